The van der Waals surface area contributed by atoms with Crippen molar-refractivity contribution in [1.82, 2.24) is 0 Å². The van der Waals surface area contributed by atoms with Crippen LogP contribution in [0, 0.1) is 0 Å². The third-order valence-electron chi connectivity index (χ3n) is 2.93. The van der Waals surface area contributed by atoms with Crippen molar-refractivity contribution in [2.75, 3.05) is 13.2 Å². The van der Waals surface area contributed by atoms with Crippen LogP contribution in [0.3, 0.4) is 0 Å². The van der Waals surface area contributed by atoms with E-state index in [2.05, 4.69) is 9.78 Å². The molecule has 0 amide bonds. The van der Waals surface area contributed by atoms with Crippen LogP contribution < -0.4 is 0 Å². The average Bonchev–Trinajstić information content (AvgIpc) is 2.63. The highest BCUT2D eigenvalue weighted by Crippen LogP contribution is 2.11. The number of ether oxygens (including phenoxy) is 4. The maximum Gasteiger partial charge on any atom is 0.540 e. The summed E-state index contributed by atoms with van der Waals surface area (Å²) in [4.78, 5) is 53.5. The Morgan fingerprint density at radius 1 is 0.633 bits per heavy atom. The predicted molar refractivity (Wildman–Crippen MR) is 102 cm³/mol. The molecule has 0 aromatic carbocycles. The molecule has 2 unspecified atom stereocenters. The summed E-state index contributed by atoms with van der Waals surface area (Å²) < 4.78 is 19.9. The highest BCUT2D eigenvalue weighted by Gasteiger charge is 2.23. The van der Waals surface area contributed by atoms with Gasteiger partial charge in [-0.15, -0.1) is 0 Å². The van der Waals surface area contributed by atoms with Gasteiger partial charge in [0.15, 0.2) is 0 Å². The van der Waals surface area contributed by atoms with E-state index in [0.717, 1.165) is 0 Å². The van der Waals surface area contributed by atoms with Crippen molar-refractivity contribution < 1.29 is 52.9 Å². The zero-order chi connectivity index (χ0) is 23.4. The molecule has 0 aliphatic rings. The third-order valence-corrected chi connectivity index (χ3v) is 2.93. The molecule has 0 saturated carbocycles. The molecular formula is C19H34O11. The molecule has 176 valence electrons. The highest BCUT2D eigenvalue weighted by atomic mass is 17.2. The topological polar surface area (TPSA) is 125 Å². The minimum Gasteiger partial charge on any atom is -0.428 e. The largest absolute Gasteiger partial charge is 0.540 e. The van der Waals surface area contributed by atoms with Crippen LogP contribution in [-0.2, 0) is 38.5 Å². The molecule has 11 heteroatoms. The molecule has 0 radical (unpaired) electrons. The van der Waals surface area contributed by atoms with E-state index in [0.29, 0.717) is 12.8 Å². The summed E-state index contributed by atoms with van der Waals surface area (Å²) in [6, 6.07) is 0. The quantitative estimate of drug-likeness (QED) is 0.208. The van der Waals surface area contributed by atoms with Crippen LogP contribution in [-0.4, -0.2) is 55.1 Å². The Labute approximate surface area is 177 Å². The molecule has 0 aliphatic carbocycles. The van der Waals surface area contributed by atoms with Gasteiger partial charge >= 0.3 is 18.5 Å². The smallest absolute Gasteiger partial charge is 0.428 e. The van der Waals surface area contributed by atoms with Crippen LogP contribution in [0.1, 0.15) is 68.2 Å². The highest BCUT2D eigenvalue weighted by molar-refractivity contribution is 5.61. The minimum atomic E-state index is -1.06. The van der Waals surface area contributed by atoms with Gasteiger partial charge in [-0.25, -0.2) is 14.4 Å². The van der Waals surface area contributed by atoms with Gasteiger partial charge < -0.3 is 18.9 Å². The van der Waals surface area contributed by atoms with Crippen molar-refractivity contribution in [2.45, 2.75) is 91.6 Å². The zero-order valence-electron chi connectivity index (χ0n) is 19.0. The Balaban J connectivity index is 4.30. The third kappa shape index (κ3) is 15.6. The number of rotatable bonds is 10. The molecule has 2 atom stereocenters. The van der Waals surface area contributed by atoms with Gasteiger partial charge in [0, 0.05) is 0 Å². The van der Waals surface area contributed by atoms with E-state index in [1.807, 2.05) is 0 Å². The lowest BCUT2D eigenvalue weighted by Gasteiger charge is -2.20. The first kappa shape index (κ1) is 27.7. The molecule has 30 heavy (non-hydrogen) atoms. The van der Waals surface area contributed by atoms with Gasteiger partial charge in [0.05, 0.1) is 0 Å². The maximum absolute atomic E-state index is 11.9. The van der Waals surface area contributed by atoms with Gasteiger partial charge in [0.1, 0.15) is 36.6 Å². The minimum absolute atomic E-state index is 0.248. The number of hydrogen-bond donors (Lipinski definition) is 0. The summed E-state index contributed by atoms with van der Waals surface area (Å²) in [6.45, 7) is 13.1. The number of hydrogen-bond acceptors (Lipinski definition) is 11. The Kier molecular flexibility index (Phi) is 12.1. The molecule has 0 N–H and O–H groups in total. The second-order valence-corrected chi connectivity index (χ2v) is 8.23. The van der Waals surface area contributed by atoms with Gasteiger partial charge in [0.25, 0.3) is 0 Å². The van der Waals surface area contributed by atoms with Crippen molar-refractivity contribution in [3.8, 4) is 0 Å². The van der Waals surface area contributed by atoms with Crippen LogP contribution in [0.25, 0.3) is 0 Å². The summed E-state index contributed by atoms with van der Waals surface area (Å²) >= 11 is 0. The lowest BCUT2D eigenvalue weighted by Crippen LogP contribution is -2.30. The number of carbonyl (C=O) groups excluding carboxylic acids is 3. The van der Waals surface area contributed by atoms with E-state index in [9.17, 15) is 14.4 Å². The van der Waals surface area contributed by atoms with E-state index < -0.39 is 41.9 Å². The fraction of sp³-hybridized carbons (Fsp3) is 0.842. The molecule has 0 saturated heterocycles. The Morgan fingerprint density at radius 2 is 0.967 bits per heavy atom. The SMILES string of the molecule is CCC(COC(=O)OOC(C)(C)C)OC(=O)OC(CC)COC(=O)OOC(C)(C)C. The molecule has 0 aliphatic heterocycles. The second kappa shape index (κ2) is 13.1. The predicted octanol–water partition coefficient (Wildman–Crippen LogP) is 4.46. The van der Waals surface area contributed by atoms with E-state index in [-0.39, 0.29) is 13.2 Å². The fourth-order valence-electron chi connectivity index (χ4n) is 1.46. The van der Waals surface area contributed by atoms with E-state index in [1.54, 1.807) is 55.4 Å². The van der Waals surface area contributed by atoms with Crippen molar-refractivity contribution in [3.63, 3.8) is 0 Å². The van der Waals surface area contributed by atoms with Gasteiger partial charge in [0.2, 0.25) is 0 Å². The molecule has 0 bridgehead atoms. The maximum atomic E-state index is 11.9. The fourth-order valence-corrected chi connectivity index (χ4v) is 1.46. The van der Waals surface area contributed by atoms with E-state index in [4.69, 9.17) is 28.7 Å². The van der Waals surface area contributed by atoms with Crippen LogP contribution in [0.5, 0.6) is 0 Å². The van der Waals surface area contributed by atoms with Crippen LogP contribution in [0.2, 0.25) is 0 Å². The standard InChI is InChI=1S/C19H34O11/c1-9-13(11-23-15(20)27-29-18(3,4)5)25-17(22)26-14(10-2)12-24-16(21)28-30-19(6,7)8/h13-14H,9-12H2,1-8H3. The monoisotopic (exact) mass is 438 g/mol. The van der Waals surface area contributed by atoms with Crippen LogP contribution in [0.4, 0.5) is 14.4 Å². The first-order valence-corrected chi connectivity index (χ1v) is 9.67. The van der Waals surface area contributed by atoms with E-state index >= 15 is 0 Å². The van der Waals surface area contributed by atoms with Gasteiger partial charge in [-0.2, -0.15) is 9.78 Å². The second-order valence-electron chi connectivity index (χ2n) is 8.23. The normalized spacial score (nSPS) is 13.6. The first-order valence-electron chi connectivity index (χ1n) is 9.67. The summed E-state index contributed by atoms with van der Waals surface area (Å²) in [6.07, 6.45) is -3.93. The zero-order valence-corrected chi connectivity index (χ0v) is 19.0. The lowest BCUT2D eigenvalue weighted by atomic mass is 10.2. The van der Waals surface area contributed by atoms with Crippen molar-refractivity contribution in [1.29, 1.82) is 0 Å². The molecule has 0 aromatic heterocycles. The van der Waals surface area contributed by atoms with Crippen molar-refractivity contribution >= 4 is 18.5 Å². The van der Waals surface area contributed by atoms with Crippen molar-refractivity contribution in [2.24, 2.45) is 0 Å². The summed E-state index contributed by atoms with van der Waals surface area (Å²) in [5, 5.41) is 0. The molecule has 0 aromatic rings. The molecule has 0 fully saturated rings. The molecule has 11 nitrogen and oxygen atoms in total. The van der Waals surface area contributed by atoms with E-state index in [1.165, 1.54) is 0 Å². The molecule has 0 heterocycles. The first-order chi connectivity index (χ1) is 13.8. The summed E-state index contributed by atoms with van der Waals surface area (Å²) in [7, 11) is 0. The summed E-state index contributed by atoms with van der Waals surface area (Å²) in [5.41, 5.74) is -1.38. The Bertz CT molecular complexity index is 488. The number of carbonyl (C=O) groups is 3. The van der Waals surface area contributed by atoms with Gasteiger partial charge in [-0.3, -0.25) is 9.78 Å². The average molecular weight is 438 g/mol. The molecule has 0 rings (SSSR count). The van der Waals surface area contributed by atoms with Crippen molar-refractivity contribution in [3.05, 3.63) is 0 Å². The van der Waals surface area contributed by atoms with Crippen LogP contribution >= 0.6 is 0 Å². The molecule has 0 spiro atoms. The lowest BCUT2D eigenvalue weighted by molar-refractivity contribution is -0.312. The summed E-state index contributed by atoms with van der Waals surface area (Å²) in [5.74, 6) is 0. The van der Waals surface area contributed by atoms with Crippen LogP contribution in [0.15, 0.2) is 0 Å². The Hall–Kier alpha value is -2.27. The van der Waals surface area contributed by atoms with Gasteiger partial charge in [-0.05, 0) is 54.4 Å². The Morgan fingerprint density at radius 3 is 1.23 bits per heavy atom. The molecular weight excluding hydrogens is 404 g/mol. The van der Waals surface area contributed by atoms with Gasteiger partial charge in [-0.1, -0.05) is 13.8 Å².